The lowest BCUT2D eigenvalue weighted by Gasteiger charge is -2.40. The van der Waals surface area contributed by atoms with Crippen LogP contribution in [0.4, 0.5) is 10.6 Å². The number of carbonyl (C=O) groups is 1. The first-order chi connectivity index (χ1) is 10.9. The first kappa shape index (κ1) is 16.0. The molecule has 0 aromatic carbocycles. The summed E-state index contributed by atoms with van der Waals surface area (Å²) in [5.74, 6) is 1.89. The minimum Gasteiger partial charge on any atom is -0.356 e. The van der Waals surface area contributed by atoms with Gasteiger partial charge in [0.15, 0.2) is 0 Å². The highest BCUT2D eigenvalue weighted by molar-refractivity contribution is 5.75. The van der Waals surface area contributed by atoms with Crippen LogP contribution in [0.3, 0.4) is 0 Å². The summed E-state index contributed by atoms with van der Waals surface area (Å²) < 4.78 is 0. The van der Waals surface area contributed by atoms with Crippen LogP contribution in [0, 0.1) is 0 Å². The van der Waals surface area contributed by atoms with Crippen LogP contribution in [0.5, 0.6) is 0 Å². The number of nitrogens with zero attached hydrogens (tertiary/aromatic N) is 4. The fourth-order valence-electron chi connectivity index (χ4n) is 3.29. The van der Waals surface area contributed by atoms with Gasteiger partial charge >= 0.3 is 6.03 Å². The summed E-state index contributed by atoms with van der Waals surface area (Å²) in [7, 11) is 0. The van der Waals surface area contributed by atoms with Crippen LogP contribution in [-0.4, -0.2) is 53.1 Å². The van der Waals surface area contributed by atoms with Crippen molar-refractivity contribution in [2.24, 2.45) is 0 Å². The van der Waals surface area contributed by atoms with Gasteiger partial charge in [0.25, 0.3) is 0 Å². The summed E-state index contributed by atoms with van der Waals surface area (Å²) in [6, 6.07) is 2.45. The maximum absolute atomic E-state index is 12.0. The van der Waals surface area contributed by atoms with Crippen molar-refractivity contribution in [3.63, 3.8) is 0 Å². The fraction of sp³-hybridized carbons (Fsp3) is 0.706. The van der Waals surface area contributed by atoms with Gasteiger partial charge in [-0.15, -0.1) is 0 Å². The molecule has 6 heteroatoms. The van der Waals surface area contributed by atoms with E-state index in [9.17, 15) is 4.79 Å². The number of aromatic nitrogens is 2. The zero-order chi connectivity index (χ0) is 16.4. The Kier molecular flexibility index (Phi) is 4.41. The lowest BCUT2D eigenvalue weighted by atomic mass is 9.96. The van der Waals surface area contributed by atoms with E-state index in [1.165, 1.54) is 0 Å². The summed E-state index contributed by atoms with van der Waals surface area (Å²) in [6.07, 6.45) is 4.91. The van der Waals surface area contributed by atoms with E-state index in [4.69, 9.17) is 4.98 Å². The molecule has 0 radical (unpaired) electrons. The molecule has 2 aliphatic heterocycles. The van der Waals surface area contributed by atoms with Crippen molar-refractivity contribution in [1.82, 2.24) is 20.2 Å². The van der Waals surface area contributed by atoms with E-state index in [0.717, 1.165) is 57.1 Å². The van der Waals surface area contributed by atoms with Crippen molar-refractivity contribution >= 4 is 11.8 Å². The summed E-state index contributed by atoms with van der Waals surface area (Å²) in [5.41, 5.74) is -0.0414. The van der Waals surface area contributed by atoms with Crippen molar-refractivity contribution in [2.45, 2.75) is 51.5 Å². The zero-order valence-corrected chi connectivity index (χ0v) is 14.4. The Morgan fingerprint density at radius 2 is 1.96 bits per heavy atom. The lowest BCUT2D eigenvalue weighted by molar-refractivity contribution is 0.149. The molecule has 1 aromatic rings. The zero-order valence-electron chi connectivity index (χ0n) is 14.4. The van der Waals surface area contributed by atoms with E-state index in [1.54, 1.807) is 0 Å². The second-order valence-electron chi connectivity index (χ2n) is 7.49. The van der Waals surface area contributed by atoms with Gasteiger partial charge in [-0.1, -0.05) is 20.8 Å². The molecule has 2 fully saturated rings. The third-order valence-corrected chi connectivity index (χ3v) is 4.65. The van der Waals surface area contributed by atoms with Gasteiger partial charge in [0.1, 0.15) is 11.6 Å². The number of hydrogen-bond acceptors (Lipinski definition) is 4. The van der Waals surface area contributed by atoms with Crippen LogP contribution in [-0.2, 0) is 5.41 Å². The summed E-state index contributed by atoms with van der Waals surface area (Å²) >= 11 is 0. The topological polar surface area (TPSA) is 61.4 Å². The lowest BCUT2D eigenvalue weighted by Crippen LogP contribution is -2.54. The molecular weight excluding hydrogens is 290 g/mol. The first-order valence-electron chi connectivity index (χ1n) is 8.58. The number of amides is 2. The highest BCUT2D eigenvalue weighted by atomic mass is 16.2. The molecule has 23 heavy (non-hydrogen) atoms. The minimum atomic E-state index is -0.0414. The number of nitrogens with one attached hydrogen (secondary N) is 1. The summed E-state index contributed by atoms with van der Waals surface area (Å²) in [5, 5.41) is 2.95. The highest BCUT2D eigenvalue weighted by Crippen LogP contribution is 2.24. The van der Waals surface area contributed by atoms with E-state index in [0.29, 0.717) is 6.04 Å². The SMILES string of the molecule is CC(C)(C)c1nccc(N2CCC(N3CCCNC3=O)CC2)n1. The van der Waals surface area contributed by atoms with Crippen molar-refractivity contribution in [3.8, 4) is 0 Å². The largest absolute Gasteiger partial charge is 0.356 e. The van der Waals surface area contributed by atoms with Crippen LogP contribution < -0.4 is 10.2 Å². The number of piperidine rings is 1. The van der Waals surface area contributed by atoms with Crippen LogP contribution >= 0.6 is 0 Å². The number of urea groups is 1. The second-order valence-corrected chi connectivity index (χ2v) is 7.49. The van der Waals surface area contributed by atoms with Gasteiger partial charge in [-0.3, -0.25) is 0 Å². The Bertz CT molecular complexity index is 560. The van der Waals surface area contributed by atoms with Gasteiger partial charge < -0.3 is 15.1 Å². The number of rotatable bonds is 2. The number of anilines is 1. The second kappa shape index (κ2) is 6.34. The standard InChI is InChI=1S/C17H27N5O/c1-17(2,3)15-18-9-5-14(20-15)21-11-6-13(7-12-21)22-10-4-8-19-16(22)23/h5,9,13H,4,6-8,10-12H2,1-3H3,(H,19,23). The number of carbonyl (C=O) groups excluding carboxylic acids is 1. The predicted octanol–water partition coefficient (Wildman–Crippen LogP) is 2.16. The molecule has 0 spiro atoms. The van der Waals surface area contributed by atoms with E-state index in [-0.39, 0.29) is 11.4 Å². The highest BCUT2D eigenvalue weighted by Gasteiger charge is 2.30. The maximum atomic E-state index is 12.0. The molecule has 6 nitrogen and oxygen atoms in total. The van der Waals surface area contributed by atoms with Crippen molar-refractivity contribution in [1.29, 1.82) is 0 Å². The van der Waals surface area contributed by atoms with Crippen molar-refractivity contribution < 1.29 is 4.79 Å². The summed E-state index contributed by atoms with van der Waals surface area (Å²) in [6.45, 7) is 9.97. The number of hydrogen-bond donors (Lipinski definition) is 1. The third-order valence-electron chi connectivity index (χ3n) is 4.65. The molecule has 0 atom stereocenters. The molecule has 0 unspecified atom stereocenters. The van der Waals surface area contributed by atoms with Crippen LogP contribution in [0.15, 0.2) is 12.3 Å². The fourth-order valence-corrected chi connectivity index (χ4v) is 3.29. The Hall–Kier alpha value is -1.85. The summed E-state index contributed by atoms with van der Waals surface area (Å²) in [4.78, 5) is 25.5. The third kappa shape index (κ3) is 3.57. The molecule has 0 aliphatic carbocycles. The van der Waals surface area contributed by atoms with Gasteiger partial charge in [-0.2, -0.15) is 0 Å². The predicted molar refractivity (Wildman–Crippen MR) is 90.7 cm³/mol. The van der Waals surface area contributed by atoms with Crippen LogP contribution in [0.25, 0.3) is 0 Å². The Balaban J connectivity index is 1.64. The van der Waals surface area contributed by atoms with E-state index < -0.39 is 0 Å². The van der Waals surface area contributed by atoms with Crippen LogP contribution in [0.1, 0.15) is 45.9 Å². The van der Waals surface area contributed by atoms with Gasteiger partial charge in [0.05, 0.1) is 0 Å². The Morgan fingerprint density at radius 3 is 2.61 bits per heavy atom. The molecule has 0 bridgehead atoms. The Labute approximate surface area is 138 Å². The van der Waals surface area contributed by atoms with Gasteiger partial charge in [0.2, 0.25) is 0 Å². The molecule has 2 aliphatic rings. The minimum absolute atomic E-state index is 0.0414. The molecule has 3 rings (SSSR count). The van der Waals surface area contributed by atoms with E-state index in [1.807, 2.05) is 17.2 Å². The van der Waals surface area contributed by atoms with Gasteiger partial charge in [-0.25, -0.2) is 14.8 Å². The van der Waals surface area contributed by atoms with Crippen LogP contribution in [0.2, 0.25) is 0 Å². The van der Waals surface area contributed by atoms with Crippen molar-refractivity contribution in [2.75, 3.05) is 31.1 Å². The molecule has 126 valence electrons. The average molecular weight is 317 g/mol. The van der Waals surface area contributed by atoms with E-state index in [2.05, 4.69) is 36.0 Å². The van der Waals surface area contributed by atoms with Crippen molar-refractivity contribution in [3.05, 3.63) is 18.1 Å². The van der Waals surface area contributed by atoms with E-state index >= 15 is 0 Å². The normalized spacial score (nSPS) is 20.6. The molecule has 2 saturated heterocycles. The smallest absolute Gasteiger partial charge is 0.317 e. The van der Waals surface area contributed by atoms with Gasteiger partial charge in [0, 0.05) is 43.8 Å². The quantitative estimate of drug-likeness (QED) is 0.908. The molecule has 2 amide bonds. The molecule has 0 saturated carbocycles. The monoisotopic (exact) mass is 317 g/mol. The molecular formula is C17H27N5O. The Morgan fingerprint density at radius 1 is 1.22 bits per heavy atom. The molecule has 1 aromatic heterocycles. The molecule has 1 N–H and O–H groups in total. The average Bonchev–Trinajstić information content (AvgIpc) is 2.55. The molecule has 3 heterocycles. The first-order valence-corrected chi connectivity index (χ1v) is 8.58. The maximum Gasteiger partial charge on any atom is 0.317 e. The van der Waals surface area contributed by atoms with Gasteiger partial charge in [-0.05, 0) is 25.3 Å².